The molecule has 8 N–H and O–H groups in total. The SMILES string of the molecule is C[C@@H]1O[C@@H](OC[C@H]2O[C@@H](OCc3ccccc3)[C@H](O)[C@@H](O)[C@@H]2O)[C@H](O)[C@H](O)[C@H]1OC(=O)c1cc(O)c(O)c(O)c1. The summed E-state index contributed by atoms with van der Waals surface area (Å²) in [5, 5.41) is 80.8. The van der Waals surface area contributed by atoms with E-state index in [0.717, 1.165) is 17.7 Å². The van der Waals surface area contributed by atoms with Crippen molar-refractivity contribution < 1.29 is 69.3 Å². The van der Waals surface area contributed by atoms with Crippen molar-refractivity contribution in [3.63, 3.8) is 0 Å². The van der Waals surface area contributed by atoms with Gasteiger partial charge in [0.2, 0.25) is 0 Å². The Morgan fingerprint density at radius 3 is 2.05 bits per heavy atom. The van der Waals surface area contributed by atoms with Crippen molar-refractivity contribution in [3.8, 4) is 17.2 Å². The number of rotatable bonds is 8. The highest BCUT2D eigenvalue weighted by Crippen LogP contribution is 2.36. The van der Waals surface area contributed by atoms with Gasteiger partial charge in [-0.3, -0.25) is 0 Å². The lowest BCUT2D eigenvalue weighted by atomic mass is 9.98. The van der Waals surface area contributed by atoms with Crippen LogP contribution in [0.1, 0.15) is 22.8 Å². The van der Waals surface area contributed by atoms with E-state index in [2.05, 4.69) is 0 Å². The maximum atomic E-state index is 12.5. The lowest BCUT2D eigenvalue weighted by molar-refractivity contribution is -0.329. The maximum Gasteiger partial charge on any atom is 0.338 e. The van der Waals surface area contributed by atoms with E-state index in [-0.39, 0.29) is 12.2 Å². The first-order valence-electron chi connectivity index (χ1n) is 12.4. The van der Waals surface area contributed by atoms with Gasteiger partial charge in [0.05, 0.1) is 24.9 Å². The highest BCUT2D eigenvalue weighted by Gasteiger charge is 2.48. The number of hydrogen-bond acceptors (Lipinski definition) is 14. The number of aliphatic hydroxyl groups excluding tert-OH is 5. The highest BCUT2D eigenvalue weighted by molar-refractivity contribution is 5.91. The zero-order chi connectivity index (χ0) is 29.1. The van der Waals surface area contributed by atoms with E-state index in [1.165, 1.54) is 6.92 Å². The van der Waals surface area contributed by atoms with Crippen molar-refractivity contribution in [1.82, 2.24) is 0 Å². The number of benzene rings is 2. The summed E-state index contributed by atoms with van der Waals surface area (Å²) in [5.74, 6) is -3.47. The molecule has 0 unspecified atom stereocenters. The predicted molar refractivity (Wildman–Crippen MR) is 131 cm³/mol. The Morgan fingerprint density at radius 1 is 0.800 bits per heavy atom. The molecule has 2 heterocycles. The van der Waals surface area contributed by atoms with Gasteiger partial charge in [0.25, 0.3) is 0 Å². The minimum atomic E-state index is -1.74. The Hall–Kier alpha value is -3.05. The van der Waals surface area contributed by atoms with Gasteiger partial charge in [-0.1, -0.05) is 30.3 Å². The lowest BCUT2D eigenvalue weighted by Crippen LogP contribution is -2.61. The van der Waals surface area contributed by atoms with Gasteiger partial charge in [0.15, 0.2) is 35.9 Å². The molecule has 2 saturated heterocycles. The standard InChI is InChI=1S/C26H32O14/c1-11-23(40-24(35)13-7-14(27)17(29)15(28)8-13)20(32)22(34)25(38-11)37-10-16-18(30)19(31)21(33)26(39-16)36-9-12-5-3-2-4-6-12/h2-8,11,16,18-23,25-34H,9-10H2,1H3/t11-,16+,18+,19-,20-,21+,22+,23-,25+,26+/m0/s1. The number of hydrogen-bond donors (Lipinski definition) is 8. The van der Waals surface area contributed by atoms with Crippen molar-refractivity contribution in [2.75, 3.05) is 6.61 Å². The Balaban J connectivity index is 1.34. The first-order valence-corrected chi connectivity index (χ1v) is 12.4. The van der Waals surface area contributed by atoms with E-state index in [1.807, 2.05) is 6.07 Å². The van der Waals surface area contributed by atoms with Crippen LogP contribution < -0.4 is 0 Å². The van der Waals surface area contributed by atoms with Crippen molar-refractivity contribution in [2.45, 2.75) is 74.9 Å². The lowest BCUT2D eigenvalue weighted by Gasteiger charge is -2.43. The van der Waals surface area contributed by atoms with Crippen LogP contribution in [0.25, 0.3) is 0 Å². The Bertz CT molecular complexity index is 1120. The van der Waals surface area contributed by atoms with Crippen molar-refractivity contribution in [2.24, 2.45) is 0 Å². The van der Waals surface area contributed by atoms with Gasteiger partial charge in [-0.2, -0.15) is 0 Å². The predicted octanol–water partition coefficient (Wildman–Crippen LogP) is -1.16. The van der Waals surface area contributed by atoms with E-state index in [0.29, 0.717) is 0 Å². The molecule has 14 nitrogen and oxygen atoms in total. The molecule has 2 aliphatic rings. The third-order valence-corrected chi connectivity index (χ3v) is 6.68. The van der Waals surface area contributed by atoms with Gasteiger partial charge in [0.1, 0.15) is 36.6 Å². The smallest absolute Gasteiger partial charge is 0.338 e. The molecule has 0 bridgehead atoms. The molecule has 2 aromatic carbocycles. The summed E-state index contributed by atoms with van der Waals surface area (Å²) in [4.78, 5) is 12.5. The van der Waals surface area contributed by atoms with Gasteiger partial charge in [0, 0.05) is 0 Å². The van der Waals surface area contributed by atoms with Gasteiger partial charge in [-0.05, 0) is 24.6 Å². The molecule has 2 aliphatic heterocycles. The molecule has 10 atom stereocenters. The van der Waals surface area contributed by atoms with Crippen LogP contribution in [0.4, 0.5) is 0 Å². The van der Waals surface area contributed by atoms with E-state index in [4.69, 9.17) is 23.7 Å². The number of phenolic OH excluding ortho intramolecular Hbond substituents is 3. The molecular weight excluding hydrogens is 536 g/mol. The largest absolute Gasteiger partial charge is 0.504 e. The van der Waals surface area contributed by atoms with E-state index in [9.17, 15) is 45.6 Å². The van der Waals surface area contributed by atoms with Crippen LogP contribution in [0.5, 0.6) is 17.2 Å². The first-order chi connectivity index (χ1) is 19.0. The van der Waals surface area contributed by atoms with Crippen LogP contribution in [-0.2, 0) is 30.3 Å². The van der Waals surface area contributed by atoms with Crippen LogP contribution in [0, 0.1) is 0 Å². The number of phenols is 3. The maximum absolute atomic E-state index is 12.5. The number of ether oxygens (including phenoxy) is 5. The van der Waals surface area contributed by atoms with Crippen LogP contribution in [0.2, 0.25) is 0 Å². The molecule has 0 amide bonds. The molecule has 0 aliphatic carbocycles. The average molecular weight is 569 g/mol. The molecule has 0 aromatic heterocycles. The number of aliphatic hydroxyl groups is 5. The molecule has 2 aromatic rings. The third kappa shape index (κ3) is 6.46. The van der Waals surface area contributed by atoms with Crippen molar-refractivity contribution in [1.29, 1.82) is 0 Å². The van der Waals surface area contributed by atoms with E-state index in [1.54, 1.807) is 24.3 Å². The molecule has 220 valence electrons. The monoisotopic (exact) mass is 568 g/mol. The Morgan fingerprint density at radius 2 is 1.40 bits per heavy atom. The fraction of sp³-hybridized carbons (Fsp3) is 0.500. The fourth-order valence-electron chi connectivity index (χ4n) is 4.35. The number of esters is 1. The van der Waals surface area contributed by atoms with Gasteiger partial charge in [-0.25, -0.2) is 4.79 Å². The molecule has 0 radical (unpaired) electrons. The van der Waals surface area contributed by atoms with Crippen LogP contribution in [0.3, 0.4) is 0 Å². The summed E-state index contributed by atoms with van der Waals surface area (Å²) in [6.07, 6.45) is -14.6. The average Bonchev–Trinajstić information content (AvgIpc) is 2.94. The quantitative estimate of drug-likeness (QED) is 0.139. The minimum absolute atomic E-state index is 0.0522. The van der Waals surface area contributed by atoms with E-state index >= 15 is 0 Å². The van der Waals surface area contributed by atoms with Crippen LogP contribution in [0.15, 0.2) is 42.5 Å². The molecule has 4 rings (SSSR count). The molecule has 40 heavy (non-hydrogen) atoms. The van der Waals surface area contributed by atoms with Crippen LogP contribution in [-0.4, -0.2) is 115 Å². The summed E-state index contributed by atoms with van der Waals surface area (Å²) < 4.78 is 27.5. The van der Waals surface area contributed by atoms with Crippen LogP contribution >= 0.6 is 0 Å². The molecule has 2 fully saturated rings. The summed E-state index contributed by atoms with van der Waals surface area (Å²) in [5.41, 5.74) is 0.441. The van der Waals surface area contributed by atoms with E-state index < -0.39 is 91.2 Å². The summed E-state index contributed by atoms with van der Waals surface area (Å²) >= 11 is 0. The molecule has 0 saturated carbocycles. The number of carbonyl (C=O) groups is 1. The second kappa shape index (κ2) is 12.6. The molecule has 0 spiro atoms. The number of aromatic hydroxyl groups is 3. The molecule has 14 heteroatoms. The minimum Gasteiger partial charge on any atom is -0.504 e. The highest BCUT2D eigenvalue weighted by atomic mass is 16.7. The van der Waals surface area contributed by atoms with Gasteiger partial charge >= 0.3 is 5.97 Å². The van der Waals surface area contributed by atoms with Crippen molar-refractivity contribution in [3.05, 3.63) is 53.6 Å². The van der Waals surface area contributed by atoms with Crippen molar-refractivity contribution >= 4 is 5.97 Å². The Kier molecular flexibility index (Phi) is 9.45. The summed E-state index contributed by atoms with van der Waals surface area (Å²) in [6, 6.07) is 10.7. The van der Waals surface area contributed by atoms with Gasteiger partial charge in [-0.15, -0.1) is 0 Å². The number of carbonyl (C=O) groups excluding carboxylic acids is 1. The molecular formula is C26H32O14. The third-order valence-electron chi connectivity index (χ3n) is 6.68. The zero-order valence-corrected chi connectivity index (χ0v) is 21.3. The second-order valence-corrected chi connectivity index (χ2v) is 9.57. The topological polar surface area (TPSA) is 225 Å². The zero-order valence-electron chi connectivity index (χ0n) is 21.3. The fourth-order valence-corrected chi connectivity index (χ4v) is 4.35. The normalized spacial score (nSPS) is 34.4. The first kappa shape index (κ1) is 29.9. The Labute approximate surface area is 228 Å². The summed E-state index contributed by atoms with van der Waals surface area (Å²) in [6.45, 7) is 1.03. The summed E-state index contributed by atoms with van der Waals surface area (Å²) in [7, 11) is 0. The second-order valence-electron chi connectivity index (χ2n) is 9.57. The van der Waals surface area contributed by atoms with Gasteiger partial charge < -0.3 is 64.5 Å².